The number of hydrogen-bond acceptors (Lipinski definition) is 4. The molecular formula is C20H32Cl2N4O2. The van der Waals surface area contributed by atoms with E-state index in [1.165, 1.54) is 11.1 Å². The Bertz CT molecular complexity index is 659. The zero-order valence-corrected chi connectivity index (χ0v) is 18.1. The van der Waals surface area contributed by atoms with Crippen LogP contribution in [0.2, 0.25) is 0 Å². The smallest absolute Gasteiger partial charge is 0.239 e. The van der Waals surface area contributed by atoms with E-state index in [9.17, 15) is 9.59 Å². The molecule has 2 amide bonds. The van der Waals surface area contributed by atoms with Gasteiger partial charge in [0.15, 0.2) is 0 Å². The van der Waals surface area contributed by atoms with Gasteiger partial charge in [-0.1, -0.05) is 24.3 Å². The second-order valence-corrected chi connectivity index (χ2v) is 7.37. The van der Waals surface area contributed by atoms with Crippen LogP contribution >= 0.6 is 24.8 Å². The highest BCUT2D eigenvalue weighted by Gasteiger charge is 2.33. The van der Waals surface area contributed by atoms with Gasteiger partial charge in [0.2, 0.25) is 11.8 Å². The van der Waals surface area contributed by atoms with Crippen molar-refractivity contribution in [1.82, 2.24) is 15.1 Å². The highest BCUT2D eigenvalue weighted by Crippen LogP contribution is 2.23. The molecular weight excluding hydrogens is 399 g/mol. The molecule has 28 heavy (non-hydrogen) atoms. The number of likely N-dealkylation sites (tertiary alicyclic amines) is 1. The van der Waals surface area contributed by atoms with Crippen LogP contribution in [0.3, 0.4) is 0 Å². The third-order valence-electron chi connectivity index (χ3n) is 5.61. The minimum absolute atomic E-state index is 0. The van der Waals surface area contributed by atoms with Crippen molar-refractivity contribution in [2.75, 3.05) is 32.7 Å². The first-order valence-corrected chi connectivity index (χ1v) is 9.67. The lowest BCUT2D eigenvalue weighted by molar-refractivity contribution is -0.140. The number of piperidine rings is 1. The lowest BCUT2D eigenvalue weighted by Crippen LogP contribution is -2.53. The van der Waals surface area contributed by atoms with E-state index in [2.05, 4.69) is 34.5 Å². The summed E-state index contributed by atoms with van der Waals surface area (Å²) in [5.74, 6) is 0.0433. The summed E-state index contributed by atoms with van der Waals surface area (Å²) in [6.07, 6.45) is 2.70. The summed E-state index contributed by atoms with van der Waals surface area (Å²) in [5.41, 5.74) is 8.16. The van der Waals surface area contributed by atoms with Gasteiger partial charge in [0, 0.05) is 39.3 Å². The summed E-state index contributed by atoms with van der Waals surface area (Å²) in [6.45, 7) is 5.91. The predicted octanol–water partition coefficient (Wildman–Crippen LogP) is 1.59. The number of fused-ring (bicyclic) bond motifs is 1. The Labute approximate surface area is 180 Å². The molecule has 1 aromatic carbocycles. The van der Waals surface area contributed by atoms with Gasteiger partial charge in [-0.15, -0.1) is 24.8 Å². The van der Waals surface area contributed by atoms with Crippen LogP contribution in [0.15, 0.2) is 24.3 Å². The highest BCUT2D eigenvalue weighted by atomic mass is 35.5. The number of rotatable bonds is 5. The van der Waals surface area contributed by atoms with Crippen LogP contribution < -0.4 is 11.1 Å². The average molecular weight is 431 g/mol. The Morgan fingerprint density at radius 3 is 2.64 bits per heavy atom. The SMILES string of the molecule is CC(C(=O)N1CCCC(C(=O)NCCN)C1)N1CCc2ccccc2C1.Cl.Cl. The number of halogens is 2. The molecule has 0 bridgehead atoms. The molecule has 2 heterocycles. The molecule has 8 heteroatoms. The highest BCUT2D eigenvalue weighted by molar-refractivity contribution is 5.85. The van der Waals surface area contributed by atoms with Gasteiger partial charge in [0.05, 0.1) is 12.0 Å². The predicted molar refractivity (Wildman–Crippen MR) is 116 cm³/mol. The van der Waals surface area contributed by atoms with E-state index in [1.807, 2.05) is 11.8 Å². The summed E-state index contributed by atoms with van der Waals surface area (Å²) < 4.78 is 0. The van der Waals surface area contributed by atoms with E-state index >= 15 is 0 Å². The van der Waals surface area contributed by atoms with E-state index in [-0.39, 0.29) is 48.6 Å². The van der Waals surface area contributed by atoms with Crippen molar-refractivity contribution >= 4 is 36.6 Å². The van der Waals surface area contributed by atoms with Gasteiger partial charge in [-0.25, -0.2) is 0 Å². The Kier molecular flexibility index (Phi) is 10.2. The van der Waals surface area contributed by atoms with Gasteiger partial charge in [0.1, 0.15) is 0 Å². The lowest BCUT2D eigenvalue weighted by Gasteiger charge is -2.38. The minimum Gasteiger partial charge on any atom is -0.355 e. The van der Waals surface area contributed by atoms with Gasteiger partial charge in [0.25, 0.3) is 0 Å². The number of nitrogens with two attached hydrogens (primary N) is 1. The quantitative estimate of drug-likeness (QED) is 0.743. The van der Waals surface area contributed by atoms with Crippen molar-refractivity contribution in [2.45, 2.75) is 38.8 Å². The van der Waals surface area contributed by atoms with E-state index in [1.54, 1.807) is 0 Å². The maximum absolute atomic E-state index is 13.0. The van der Waals surface area contributed by atoms with Crippen LogP contribution in [0, 0.1) is 5.92 Å². The topological polar surface area (TPSA) is 78.7 Å². The Balaban J connectivity index is 0.00000196. The third-order valence-corrected chi connectivity index (χ3v) is 5.61. The summed E-state index contributed by atoms with van der Waals surface area (Å²) in [6, 6.07) is 8.30. The van der Waals surface area contributed by atoms with Crippen LogP contribution in [0.4, 0.5) is 0 Å². The number of hydrogen-bond donors (Lipinski definition) is 2. The van der Waals surface area contributed by atoms with Gasteiger partial charge in [-0.2, -0.15) is 0 Å². The maximum atomic E-state index is 13.0. The first-order chi connectivity index (χ1) is 12.6. The van der Waals surface area contributed by atoms with E-state index in [0.29, 0.717) is 19.6 Å². The van der Waals surface area contributed by atoms with Crippen molar-refractivity contribution in [3.05, 3.63) is 35.4 Å². The number of carbonyl (C=O) groups excluding carboxylic acids is 2. The van der Waals surface area contributed by atoms with Crippen molar-refractivity contribution < 1.29 is 9.59 Å². The normalized spacial score (nSPS) is 20.2. The summed E-state index contributed by atoms with van der Waals surface area (Å²) in [4.78, 5) is 29.4. The fourth-order valence-corrected chi connectivity index (χ4v) is 4.00. The van der Waals surface area contributed by atoms with Crippen LogP contribution in [0.5, 0.6) is 0 Å². The number of carbonyl (C=O) groups is 2. The third kappa shape index (κ3) is 5.83. The van der Waals surface area contributed by atoms with Crippen LogP contribution in [0.1, 0.15) is 30.9 Å². The second-order valence-electron chi connectivity index (χ2n) is 7.37. The molecule has 2 atom stereocenters. The summed E-state index contributed by atoms with van der Waals surface area (Å²) in [5, 5.41) is 2.85. The standard InChI is InChI=1S/C20H30N4O2.2ClH/c1-15(23-12-8-16-5-2-3-6-17(16)13-23)20(26)24-11-4-7-18(14-24)19(25)22-10-9-21;;/h2-3,5-6,15,18H,4,7-14,21H2,1H3,(H,22,25);2*1H. The Morgan fingerprint density at radius 2 is 1.93 bits per heavy atom. The van der Waals surface area contributed by atoms with Crippen LogP contribution in [-0.2, 0) is 22.6 Å². The van der Waals surface area contributed by atoms with Gasteiger partial charge in [-0.3, -0.25) is 14.5 Å². The number of benzene rings is 1. The second kappa shape index (κ2) is 11.6. The van der Waals surface area contributed by atoms with Gasteiger partial charge >= 0.3 is 0 Å². The molecule has 0 radical (unpaired) electrons. The fourth-order valence-electron chi connectivity index (χ4n) is 4.00. The Hall–Kier alpha value is -1.34. The number of amides is 2. The molecule has 158 valence electrons. The van der Waals surface area contributed by atoms with Crippen molar-refractivity contribution in [3.63, 3.8) is 0 Å². The minimum atomic E-state index is -0.158. The van der Waals surface area contributed by atoms with E-state index < -0.39 is 0 Å². The summed E-state index contributed by atoms with van der Waals surface area (Å²) in [7, 11) is 0. The van der Waals surface area contributed by atoms with Crippen LogP contribution in [-0.4, -0.2) is 60.4 Å². The van der Waals surface area contributed by atoms with Crippen LogP contribution in [0.25, 0.3) is 0 Å². The molecule has 1 fully saturated rings. The Morgan fingerprint density at radius 1 is 1.21 bits per heavy atom. The van der Waals surface area contributed by atoms with Crippen molar-refractivity contribution in [1.29, 1.82) is 0 Å². The summed E-state index contributed by atoms with van der Waals surface area (Å²) >= 11 is 0. The molecule has 6 nitrogen and oxygen atoms in total. The molecule has 3 N–H and O–H groups in total. The molecule has 3 rings (SSSR count). The molecule has 0 saturated carbocycles. The molecule has 0 spiro atoms. The van der Waals surface area contributed by atoms with Gasteiger partial charge < -0.3 is 16.0 Å². The number of nitrogens with zero attached hydrogens (tertiary/aromatic N) is 2. The van der Waals surface area contributed by atoms with Crippen molar-refractivity contribution in [2.24, 2.45) is 11.7 Å². The molecule has 0 aromatic heterocycles. The van der Waals surface area contributed by atoms with E-state index in [4.69, 9.17) is 5.73 Å². The molecule has 1 saturated heterocycles. The lowest BCUT2D eigenvalue weighted by atomic mass is 9.95. The first-order valence-electron chi connectivity index (χ1n) is 9.67. The fraction of sp³-hybridized carbons (Fsp3) is 0.600. The van der Waals surface area contributed by atoms with E-state index in [0.717, 1.165) is 38.9 Å². The zero-order chi connectivity index (χ0) is 18.5. The number of nitrogens with one attached hydrogen (secondary N) is 1. The van der Waals surface area contributed by atoms with Gasteiger partial charge in [-0.05, 0) is 37.3 Å². The zero-order valence-electron chi connectivity index (χ0n) is 16.4. The molecule has 2 aliphatic rings. The average Bonchev–Trinajstić information content (AvgIpc) is 2.70. The molecule has 1 aromatic rings. The molecule has 2 aliphatic heterocycles. The molecule has 0 aliphatic carbocycles. The molecule has 2 unspecified atom stereocenters. The largest absolute Gasteiger partial charge is 0.355 e. The van der Waals surface area contributed by atoms with Crippen molar-refractivity contribution in [3.8, 4) is 0 Å². The first kappa shape index (κ1) is 24.7. The maximum Gasteiger partial charge on any atom is 0.239 e. The monoisotopic (exact) mass is 430 g/mol.